The van der Waals surface area contributed by atoms with Crippen LogP contribution in [-0.4, -0.2) is 34.8 Å². The summed E-state index contributed by atoms with van der Waals surface area (Å²) < 4.78 is 11.4. The monoisotopic (exact) mass is 419 g/mol. The lowest BCUT2D eigenvalue weighted by Gasteiger charge is -2.26. The molecule has 0 saturated heterocycles. The first kappa shape index (κ1) is 20.7. The number of amides is 1. The Bertz CT molecular complexity index is 1110. The van der Waals surface area contributed by atoms with E-state index in [-0.39, 0.29) is 11.3 Å². The zero-order valence-corrected chi connectivity index (χ0v) is 17.6. The molecule has 1 atom stereocenters. The van der Waals surface area contributed by atoms with Crippen molar-refractivity contribution >= 4 is 22.7 Å². The Morgan fingerprint density at radius 3 is 2.52 bits per heavy atom. The fourth-order valence-corrected chi connectivity index (χ4v) is 3.90. The number of Topliss-reactive ketones (excluding diaryl/α,β-unsaturated/α-hetero) is 1. The fraction of sp³-hybridized carbons (Fsp3) is 0.280. The number of benzene rings is 2. The molecular weight excluding hydrogens is 394 g/mol. The van der Waals surface area contributed by atoms with E-state index in [1.165, 1.54) is 4.90 Å². The van der Waals surface area contributed by atoms with Gasteiger partial charge in [-0.3, -0.25) is 9.59 Å². The molecule has 6 heteroatoms. The van der Waals surface area contributed by atoms with Crippen LogP contribution >= 0.6 is 0 Å². The average molecular weight is 419 g/mol. The third-order valence-corrected chi connectivity index (χ3v) is 5.33. The van der Waals surface area contributed by atoms with Crippen LogP contribution in [0.2, 0.25) is 0 Å². The predicted molar refractivity (Wildman–Crippen MR) is 117 cm³/mol. The number of aliphatic hydroxyl groups is 1. The Balaban J connectivity index is 1.74. The van der Waals surface area contributed by atoms with Crippen LogP contribution in [0.1, 0.15) is 48.8 Å². The summed E-state index contributed by atoms with van der Waals surface area (Å²) in [6.45, 7) is 5.01. The third-order valence-electron chi connectivity index (χ3n) is 5.33. The number of para-hydroxylation sites is 1. The number of rotatable bonds is 8. The van der Waals surface area contributed by atoms with Crippen LogP contribution in [0.5, 0.6) is 5.75 Å². The number of furan rings is 1. The molecule has 1 unspecified atom stereocenters. The highest BCUT2D eigenvalue weighted by Crippen LogP contribution is 2.40. The molecule has 0 fully saturated rings. The number of nitrogens with zero attached hydrogens (tertiary/aromatic N) is 1. The van der Waals surface area contributed by atoms with Crippen molar-refractivity contribution in [1.29, 1.82) is 0 Å². The van der Waals surface area contributed by atoms with Crippen LogP contribution in [0.25, 0.3) is 11.0 Å². The first-order chi connectivity index (χ1) is 15.0. The Kier molecular flexibility index (Phi) is 5.80. The average Bonchev–Trinajstić information content (AvgIpc) is 3.33. The zero-order valence-electron chi connectivity index (χ0n) is 17.6. The molecule has 6 nitrogen and oxygen atoms in total. The summed E-state index contributed by atoms with van der Waals surface area (Å²) in [5.74, 6) is -0.734. The van der Waals surface area contributed by atoms with Gasteiger partial charge >= 0.3 is 0 Å². The number of hydrogen-bond acceptors (Lipinski definition) is 5. The standard InChI is InChI=1S/C25H25NO5/c1-3-13-26-22(16-9-11-18(12-10-16)30-14-4-2)21(24(28)25(26)29)23(27)20-15-17-7-5-6-8-19(17)31-20/h5-12,15,22,28H,3-4,13-14H2,1-2H3. The van der Waals surface area contributed by atoms with Gasteiger partial charge in [-0.1, -0.05) is 44.2 Å². The quantitative estimate of drug-likeness (QED) is 0.507. The highest BCUT2D eigenvalue weighted by molar-refractivity contribution is 6.16. The highest BCUT2D eigenvalue weighted by atomic mass is 16.5. The van der Waals surface area contributed by atoms with Crippen molar-refractivity contribution in [3.05, 3.63) is 77.3 Å². The van der Waals surface area contributed by atoms with E-state index >= 15 is 0 Å². The van der Waals surface area contributed by atoms with Gasteiger partial charge in [-0.05, 0) is 42.7 Å². The summed E-state index contributed by atoms with van der Waals surface area (Å²) in [7, 11) is 0. The van der Waals surface area contributed by atoms with Gasteiger partial charge in [-0.2, -0.15) is 0 Å². The van der Waals surface area contributed by atoms with Gasteiger partial charge in [-0.15, -0.1) is 0 Å². The second kappa shape index (κ2) is 8.68. The molecule has 1 aromatic heterocycles. The number of carbonyl (C=O) groups is 2. The van der Waals surface area contributed by atoms with Gasteiger partial charge in [0.2, 0.25) is 5.78 Å². The number of fused-ring (bicyclic) bond motifs is 1. The van der Waals surface area contributed by atoms with Gasteiger partial charge in [0.1, 0.15) is 11.3 Å². The number of hydrogen-bond donors (Lipinski definition) is 1. The maximum absolute atomic E-state index is 13.4. The minimum Gasteiger partial charge on any atom is -0.503 e. The first-order valence-electron chi connectivity index (χ1n) is 10.5. The molecule has 0 saturated carbocycles. The summed E-state index contributed by atoms with van der Waals surface area (Å²) in [4.78, 5) is 27.8. The normalized spacial score (nSPS) is 16.4. The minimum atomic E-state index is -0.687. The molecule has 2 aromatic carbocycles. The van der Waals surface area contributed by atoms with E-state index in [1.54, 1.807) is 12.1 Å². The van der Waals surface area contributed by atoms with E-state index < -0.39 is 23.5 Å². The third kappa shape index (κ3) is 3.81. The van der Waals surface area contributed by atoms with Crippen molar-refractivity contribution in [2.45, 2.75) is 32.7 Å². The lowest BCUT2D eigenvalue weighted by molar-refractivity contribution is -0.129. The molecule has 0 spiro atoms. The Labute approximate surface area is 180 Å². The Morgan fingerprint density at radius 1 is 1.10 bits per heavy atom. The van der Waals surface area contributed by atoms with E-state index in [0.717, 1.165) is 23.1 Å². The van der Waals surface area contributed by atoms with Crippen molar-refractivity contribution in [1.82, 2.24) is 4.90 Å². The number of aliphatic hydroxyl groups excluding tert-OH is 1. The van der Waals surface area contributed by atoms with Crippen LogP contribution in [0, 0.1) is 0 Å². The molecule has 1 aliphatic heterocycles. The van der Waals surface area contributed by atoms with Crippen molar-refractivity contribution in [3.8, 4) is 5.75 Å². The minimum absolute atomic E-state index is 0.0414. The summed E-state index contributed by atoms with van der Waals surface area (Å²) in [6.07, 6.45) is 1.59. The number of ketones is 1. The molecule has 1 amide bonds. The topological polar surface area (TPSA) is 80.0 Å². The highest BCUT2D eigenvalue weighted by Gasteiger charge is 2.44. The molecule has 0 aliphatic carbocycles. The van der Waals surface area contributed by atoms with Crippen LogP contribution < -0.4 is 4.74 Å². The second-order valence-electron chi connectivity index (χ2n) is 7.56. The van der Waals surface area contributed by atoms with Gasteiger partial charge in [-0.25, -0.2) is 0 Å². The second-order valence-corrected chi connectivity index (χ2v) is 7.56. The molecule has 1 aliphatic rings. The fourth-order valence-electron chi connectivity index (χ4n) is 3.90. The van der Waals surface area contributed by atoms with Crippen molar-refractivity contribution in [2.75, 3.05) is 13.2 Å². The maximum atomic E-state index is 13.4. The van der Waals surface area contributed by atoms with Gasteiger partial charge in [0.25, 0.3) is 5.91 Å². The van der Waals surface area contributed by atoms with E-state index in [2.05, 4.69) is 0 Å². The van der Waals surface area contributed by atoms with Crippen LogP contribution in [0.4, 0.5) is 0 Å². The molecule has 4 rings (SSSR count). The van der Waals surface area contributed by atoms with Crippen LogP contribution in [0.3, 0.4) is 0 Å². The molecule has 3 aromatic rings. The van der Waals surface area contributed by atoms with E-state index in [0.29, 0.717) is 25.2 Å². The molecule has 1 N–H and O–H groups in total. The Morgan fingerprint density at radius 2 is 1.84 bits per heavy atom. The Hall–Kier alpha value is -3.54. The number of ether oxygens (including phenoxy) is 1. The van der Waals surface area contributed by atoms with E-state index in [9.17, 15) is 14.7 Å². The van der Waals surface area contributed by atoms with Gasteiger partial charge < -0.3 is 19.2 Å². The number of carbonyl (C=O) groups excluding carboxylic acids is 2. The van der Waals surface area contributed by atoms with Crippen molar-refractivity contribution in [3.63, 3.8) is 0 Å². The lowest BCUT2D eigenvalue weighted by atomic mass is 9.95. The van der Waals surface area contributed by atoms with Gasteiger partial charge in [0.15, 0.2) is 11.5 Å². The molecule has 2 heterocycles. The summed E-state index contributed by atoms with van der Waals surface area (Å²) >= 11 is 0. The van der Waals surface area contributed by atoms with Crippen molar-refractivity contribution < 1.29 is 23.8 Å². The first-order valence-corrected chi connectivity index (χ1v) is 10.5. The largest absolute Gasteiger partial charge is 0.503 e. The smallest absolute Gasteiger partial charge is 0.290 e. The van der Waals surface area contributed by atoms with Crippen LogP contribution in [0.15, 0.2) is 70.3 Å². The molecule has 0 bridgehead atoms. The van der Waals surface area contributed by atoms with Gasteiger partial charge in [0.05, 0.1) is 18.2 Å². The lowest BCUT2D eigenvalue weighted by Crippen LogP contribution is -2.31. The summed E-state index contributed by atoms with van der Waals surface area (Å²) in [6, 6.07) is 15.6. The SMILES string of the molecule is CCCOc1ccc(C2C(C(=O)c3cc4ccccc4o3)=C(O)C(=O)N2CCC)cc1. The van der Waals surface area contributed by atoms with Crippen molar-refractivity contribution in [2.24, 2.45) is 0 Å². The summed E-state index contributed by atoms with van der Waals surface area (Å²) in [5, 5.41) is 11.5. The van der Waals surface area contributed by atoms with Gasteiger partial charge in [0, 0.05) is 11.9 Å². The molecule has 0 radical (unpaired) electrons. The van der Waals surface area contributed by atoms with Crippen LogP contribution in [-0.2, 0) is 4.79 Å². The summed E-state index contributed by atoms with van der Waals surface area (Å²) in [5.41, 5.74) is 1.35. The van der Waals surface area contributed by atoms with E-state index in [1.807, 2.05) is 56.3 Å². The molecular formula is C25H25NO5. The maximum Gasteiger partial charge on any atom is 0.290 e. The molecule has 31 heavy (non-hydrogen) atoms. The zero-order chi connectivity index (χ0) is 22.0. The van der Waals surface area contributed by atoms with E-state index in [4.69, 9.17) is 9.15 Å². The molecule has 160 valence electrons. The predicted octanol–water partition coefficient (Wildman–Crippen LogP) is 5.21.